The number of carbonyl (C=O) groups is 1. The van der Waals surface area contributed by atoms with E-state index in [2.05, 4.69) is 22.6 Å². The van der Waals surface area contributed by atoms with Gasteiger partial charge in [0.25, 0.3) is 0 Å². The molecule has 1 aromatic heterocycles. The Morgan fingerprint density at radius 2 is 1.94 bits per heavy atom. The van der Waals surface area contributed by atoms with Crippen molar-refractivity contribution in [1.29, 1.82) is 0 Å². The molecule has 1 heterocycles. The molecule has 0 saturated carbocycles. The van der Waals surface area contributed by atoms with Crippen molar-refractivity contribution < 1.29 is 27.4 Å². The van der Waals surface area contributed by atoms with E-state index in [1.165, 1.54) is 33.9 Å². The van der Waals surface area contributed by atoms with E-state index in [-0.39, 0.29) is 6.61 Å². The van der Waals surface area contributed by atoms with Crippen LogP contribution in [0.25, 0.3) is 10.1 Å². The first kappa shape index (κ1) is 27.1. The first-order valence-corrected chi connectivity index (χ1v) is 14.2. The lowest BCUT2D eigenvalue weighted by molar-refractivity contribution is -0.145. The van der Waals surface area contributed by atoms with Gasteiger partial charge in [0, 0.05) is 18.9 Å². The fraction of sp³-hybridized carbons (Fsp3) is 0.400. The predicted octanol–water partition coefficient (Wildman–Crippen LogP) is 7.87. The third-order valence-corrected chi connectivity index (χ3v) is 8.04. The van der Waals surface area contributed by atoms with Crippen molar-refractivity contribution >= 4 is 61.7 Å². The topological polar surface area (TPSA) is 35.5 Å². The average molecular weight is 623 g/mol. The fourth-order valence-corrected chi connectivity index (χ4v) is 6.41. The smallest absolute Gasteiger partial charge is 0.416 e. The molecule has 2 aromatic carbocycles. The molecule has 0 N–H and O–H groups in total. The van der Waals surface area contributed by atoms with Gasteiger partial charge < -0.3 is 9.47 Å². The summed E-state index contributed by atoms with van der Waals surface area (Å²) in [5, 5.41) is 0.950. The number of hydrogen-bond donors (Lipinski definition) is 0. The lowest BCUT2D eigenvalue weighted by Crippen LogP contribution is -2.14. The number of ether oxygens (including phenoxy) is 2. The van der Waals surface area contributed by atoms with Gasteiger partial charge in [-0.05, 0) is 85.7 Å². The molecule has 0 aliphatic rings. The average Bonchev–Trinajstić information content (AvgIpc) is 3.12. The van der Waals surface area contributed by atoms with Crippen molar-refractivity contribution in [2.45, 2.75) is 44.2 Å². The number of halogens is 4. The van der Waals surface area contributed by atoms with Gasteiger partial charge in [0.15, 0.2) is 6.61 Å². The molecule has 0 unspecified atom stereocenters. The maximum absolute atomic E-state index is 13.1. The molecule has 0 atom stereocenters. The first-order chi connectivity index (χ1) is 16.2. The lowest BCUT2D eigenvalue weighted by Gasteiger charge is -2.10. The molecule has 0 radical (unpaired) electrons. The van der Waals surface area contributed by atoms with Crippen LogP contribution in [0.1, 0.15) is 34.9 Å². The van der Waals surface area contributed by atoms with Crippen molar-refractivity contribution in [2.75, 3.05) is 23.4 Å². The molecule has 0 amide bonds. The van der Waals surface area contributed by atoms with Crippen LogP contribution in [-0.2, 0) is 28.5 Å². The van der Waals surface area contributed by atoms with E-state index in [1.807, 2.05) is 25.1 Å². The largest absolute Gasteiger partial charge is 0.482 e. The van der Waals surface area contributed by atoms with Crippen LogP contribution in [0.15, 0.2) is 41.3 Å². The Morgan fingerprint density at radius 1 is 1.15 bits per heavy atom. The summed E-state index contributed by atoms with van der Waals surface area (Å²) in [6.45, 7) is 3.91. The summed E-state index contributed by atoms with van der Waals surface area (Å²) in [5.41, 5.74) is 1.55. The number of alkyl halides is 4. The van der Waals surface area contributed by atoms with Crippen LogP contribution in [0.4, 0.5) is 13.2 Å². The van der Waals surface area contributed by atoms with E-state index in [0.717, 1.165) is 45.3 Å². The number of fused-ring (bicyclic) bond motifs is 1. The molecule has 0 fully saturated rings. The first-order valence-electron chi connectivity index (χ1n) is 10.9. The zero-order chi connectivity index (χ0) is 24.7. The Labute approximate surface area is 219 Å². The second kappa shape index (κ2) is 12.5. The molecule has 34 heavy (non-hydrogen) atoms. The number of esters is 1. The Kier molecular flexibility index (Phi) is 9.96. The molecule has 3 aromatic rings. The van der Waals surface area contributed by atoms with Gasteiger partial charge >= 0.3 is 12.1 Å². The van der Waals surface area contributed by atoms with E-state index >= 15 is 0 Å². The number of aryl methyl sites for hydroxylation is 3. The van der Waals surface area contributed by atoms with Crippen LogP contribution < -0.4 is 4.74 Å². The normalized spacial score (nSPS) is 11.7. The third-order valence-electron chi connectivity index (χ3n) is 5.16. The summed E-state index contributed by atoms with van der Waals surface area (Å²) >= 11 is 5.54. The van der Waals surface area contributed by atoms with Crippen molar-refractivity contribution in [3.63, 3.8) is 0 Å². The van der Waals surface area contributed by atoms with Crippen LogP contribution in [0.2, 0.25) is 0 Å². The quantitative estimate of drug-likeness (QED) is 0.0717. The molecular weight excluding hydrogens is 596 g/mol. The molecule has 0 spiro atoms. The summed E-state index contributed by atoms with van der Waals surface area (Å²) < 4.78 is 51.4. The Balaban J connectivity index is 1.59. The molecule has 0 aliphatic heterocycles. The third kappa shape index (κ3) is 7.27. The maximum atomic E-state index is 13.1. The van der Waals surface area contributed by atoms with Crippen molar-refractivity contribution in [3.8, 4) is 5.75 Å². The van der Waals surface area contributed by atoms with E-state index in [1.54, 1.807) is 24.8 Å². The zero-order valence-corrected chi connectivity index (χ0v) is 22.8. The Hall–Kier alpha value is -1.46. The minimum absolute atomic E-state index is 0.111. The number of carbonyl (C=O) groups excluding carboxylic acids is 1. The van der Waals surface area contributed by atoms with Gasteiger partial charge in [0.2, 0.25) is 0 Å². The number of hydrogen-bond acceptors (Lipinski definition) is 5. The van der Waals surface area contributed by atoms with E-state index in [0.29, 0.717) is 17.1 Å². The van der Waals surface area contributed by atoms with Crippen LogP contribution in [0, 0.1) is 6.92 Å². The molecule has 0 aliphatic carbocycles. The monoisotopic (exact) mass is 622 g/mol. The maximum Gasteiger partial charge on any atom is 0.416 e. The SMILES string of the molecule is CCOC(=O)COc1ccc(SCCCc2sc3cc(C(F)(F)F)ccc3c2CCI)cc1C. The van der Waals surface area contributed by atoms with Gasteiger partial charge in [0.1, 0.15) is 5.75 Å². The number of thioether (sulfide) groups is 1. The lowest BCUT2D eigenvalue weighted by atomic mass is 10.0. The molecule has 0 saturated heterocycles. The highest BCUT2D eigenvalue weighted by atomic mass is 127. The number of rotatable bonds is 11. The molecular formula is C25H26F3IO3S2. The summed E-state index contributed by atoms with van der Waals surface area (Å²) in [7, 11) is 0. The molecule has 9 heteroatoms. The summed E-state index contributed by atoms with van der Waals surface area (Å²) in [4.78, 5) is 13.8. The van der Waals surface area contributed by atoms with Gasteiger partial charge in [-0.25, -0.2) is 4.79 Å². The van der Waals surface area contributed by atoms with Crippen LogP contribution in [-0.4, -0.2) is 29.4 Å². The van der Waals surface area contributed by atoms with Crippen molar-refractivity contribution in [3.05, 3.63) is 58.0 Å². The van der Waals surface area contributed by atoms with Crippen LogP contribution in [0.3, 0.4) is 0 Å². The number of thiophene rings is 1. The predicted molar refractivity (Wildman–Crippen MR) is 142 cm³/mol. The molecule has 184 valence electrons. The van der Waals surface area contributed by atoms with Gasteiger partial charge in [-0.2, -0.15) is 13.2 Å². The minimum atomic E-state index is -4.32. The number of benzene rings is 2. The standard InChI is InChI=1S/C25H26F3IO3S2/c1-3-31-24(30)15-32-21-9-7-18(13-16(21)2)33-12-4-5-22-20(10-11-29)19-8-6-17(25(26,27)28)14-23(19)34-22/h6-9,13-14H,3-5,10-12,15H2,1-2H3. The highest BCUT2D eigenvalue weighted by molar-refractivity contribution is 14.1. The minimum Gasteiger partial charge on any atom is -0.482 e. The van der Waals surface area contributed by atoms with Gasteiger partial charge in [-0.15, -0.1) is 23.1 Å². The van der Waals surface area contributed by atoms with Gasteiger partial charge in [-0.1, -0.05) is 28.7 Å². The van der Waals surface area contributed by atoms with E-state index < -0.39 is 17.7 Å². The van der Waals surface area contributed by atoms with E-state index in [9.17, 15) is 18.0 Å². The summed E-state index contributed by atoms with van der Waals surface area (Å²) in [5.74, 6) is 1.16. The molecule has 3 rings (SSSR count). The second-order valence-electron chi connectivity index (χ2n) is 7.62. The van der Waals surface area contributed by atoms with E-state index in [4.69, 9.17) is 9.47 Å². The second-order valence-corrected chi connectivity index (χ2v) is 11.0. The molecule has 0 bridgehead atoms. The Morgan fingerprint density at radius 3 is 2.62 bits per heavy atom. The highest BCUT2D eigenvalue weighted by Gasteiger charge is 2.31. The van der Waals surface area contributed by atoms with Crippen LogP contribution in [0.5, 0.6) is 5.75 Å². The van der Waals surface area contributed by atoms with Gasteiger partial charge in [0.05, 0.1) is 12.2 Å². The van der Waals surface area contributed by atoms with Crippen LogP contribution >= 0.6 is 45.7 Å². The Bertz CT molecular complexity index is 1130. The fourth-order valence-electron chi connectivity index (χ4n) is 3.58. The van der Waals surface area contributed by atoms with Crippen molar-refractivity contribution in [2.24, 2.45) is 0 Å². The van der Waals surface area contributed by atoms with Gasteiger partial charge in [-0.3, -0.25) is 0 Å². The highest BCUT2D eigenvalue weighted by Crippen LogP contribution is 2.38. The van der Waals surface area contributed by atoms with Crippen molar-refractivity contribution in [1.82, 2.24) is 0 Å². The molecule has 3 nitrogen and oxygen atoms in total. The zero-order valence-electron chi connectivity index (χ0n) is 19.0. The summed E-state index contributed by atoms with van der Waals surface area (Å²) in [6, 6.07) is 9.96. The summed E-state index contributed by atoms with van der Waals surface area (Å²) in [6.07, 6.45) is -1.69.